The molecule has 4 aromatic rings. The minimum absolute atomic E-state index is 0.268. The first-order valence-electron chi connectivity index (χ1n) is 8.15. The smallest absolute Gasteiger partial charge is 0.257 e. The fourth-order valence-corrected chi connectivity index (χ4v) is 2.93. The molecule has 0 atom stereocenters. The lowest BCUT2D eigenvalue weighted by atomic mass is 10.2. The number of hydrogen-bond acceptors (Lipinski definition) is 5. The number of oxazole rings is 1. The molecule has 0 radical (unpaired) electrons. The minimum Gasteiger partial charge on any atom is -0.441 e. The highest BCUT2D eigenvalue weighted by atomic mass is 79.9. The Morgan fingerprint density at radius 3 is 2.81 bits per heavy atom. The number of carbonyl (C=O) groups excluding carboxylic acids is 1. The molecule has 1 N–H and O–H groups in total. The molecule has 0 bridgehead atoms. The van der Waals surface area contributed by atoms with Crippen LogP contribution in [0, 0.1) is 6.92 Å². The first-order valence-corrected chi connectivity index (χ1v) is 8.94. The molecule has 0 aliphatic carbocycles. The molecule has 2 aromatic heterocycles. The quantitative estimate of drug-likeness (QED) is 0.479. The van der Waals surface area contributed by atoms with Gasteiger partial charge in [-0.15, -0.1) is 0 Å². The number of amides is 1. The Hall–Kier alpha value is -3.19. The number of ether oxygens (including phenoxy) is 1. The van der Waals surface area contributed by atoms with Gasteiger partial charge in [0.05, 0.1) is 5.56 Å². The topological polar surface area (TPSA) is 77.2 Å². The van der Waals surface area contributed by atoms with Crippen LogP contribution in [0.25, 0.3) is 11.1 Å². The molecule has 134 valence electrons. The van der Waals surface area contributed by atoms with Gasteiger partial charge >= 0.3 is 0 Å². The van der Waals surface area contributed by atoms with Gasteiger partial charge in [-0.3, -0.25) is 4.79 Å². The van der Waals surface area contributed by atoms with Crippen LogP contribution in [0.3, 0.4) is 0 Å². The molecule has 0 unspecified atom stereocenters. The average Bonchev–Trinajstić information content (AvgIpc) is 3.01. The van der Waals surface area contributed by atoms with Gasteiger partial charge in [-0.25, -0.2) is 9.97 Å². The van der Waals surface area contributed by atoms with E-state index >= 15 is 0 Å². The lowest BCUT2D eigenvalue weighted by Gasteiger charge is -2.07. The van der Waals surface area contributed by atoms with Gasteiger partial charge in [0.25, 0.3) is 5.91 Å². The predicted molar refractivity (Wildman–Crippen MR) is 105 cm³/mol. The molecular weight excluding hydrogens is 410 g/mol. The number of nitrogens with one attached hydrogen (secondary N) is 1. The molecule has 1 amide bonds. The second-order valence-corrected chi connectivity index (χ2v) is 6.73. The zero-order valence-corrected chi connectivity index (χ0v) is 15.9. The van der Waals surface area contributed by atoms with Gasteiger partial charge in [0, 0.05) is 29.3 Å². The Bertz CT molecular complexity index is 1120. The van der Waals surface area contributed by atoms with E-state index in [1.54, 1.807) is 37.3 Å². The van der Waals surface area contributed by atoms with Crippen molar-refractivity contribution in [2.24, 2.45) is 0 Å². The molecule has 27 heavy (non-hydrogen) atoms. The number of nitrogens with zero attached hydrogens (tertiary/aromatic N) is 2. The summed E-state index contributed by atoms with van der Waals surface area (Å²) in [5.41, 5.74) is 2.44. The highest BCUT2D eigenvalue weighted by molar-refractivity contribution is 9.10. The van der Waals surface area contributed by atoms with Gasteiger partial charge in [-0.2, -0.15) is 0 Å². The summed E-state index contributed by atoms with van der Waals surface area (Å²) in [6, 6.07) is 16.1. The SMILES string of the molecule is Cc1nc2cc(NC(=O)c3ccc(Oc4cccc(Br)c4)nc3)ccc2o1. The molecule has 6 nitrogen and oxygen atoms in total. The highest BCUT2D eigenvalue weighted by Gasteiger charge is 2.10. The summed E-state index contributed by atoms with van der Waals surface area (Å²) in [4.78, 5) is 20.9. The molecule has 0 fully saturated rings. The number of hydrogen-bond donors (Lipinski definition) is 1. The monoisotopic (exact) mass is 423 g/mol. The number of pyridine rings is 1. The predicted octanol–water partition coefficient (Wildman–Crippen LogP) is 5.34. The van der Waals surface area contributed by atoms with Gasteiger partial charge in [0.1, 0.15) is 11.3 Å². The molecule has 0 saturated heterocycles. The molecule has 0 aliphatic heterocycles. The minimum atomic E-state index is -0.268. The third kappa shape index (κ3) is 3.98. The van der Waals surface area contributed by atoms with Crippen molar-refractivity contribution >= 4 is 38.6 Å². The Kier molecular flexibility index (Phi) is 4.60. The number of rotatable bonds is 4. The summed E-state index contributed by atoms with van der Waals surface area (Å²) < 4.78 is 12.0. The largest absolute Gasteiger partial charge is 0.441 e. The van der Waals surface area contributed by atoms with Crippen molar-refractivity contribution in [1.82, 2.24) is 9.97 Å². The third-order valence-electron chi connectivity index (χ3n) is 3.77. The van der Waals surface area contributed by atoms with Crippen molar-refractivity contribution < 1.29 is 13.9 Å². The van der Waals surface area contributed by atoms with Gasteiger partial charge in [-0.1, -0.05) is 22.0 Å². The molecule has 0 aliphatic rings. The number of benzene rings is 2. The van der Waals surface area contributed by atoms with E-state index in [4.69, 9.17) is 9.15 Å². The zero-order chi connectivity index (χ0) is 18.8. The maximum Gasteiger partial charge on any atom is 0.257 e. The fourth-order valence-electron chi connectivity index (χ4n) is 2.55. The van der Waals surface area contributed by atoms with E-state index < -0.39 is 0 Å². The van der Waals surface area contributed by atoms with Crippen LogP contribution in [0.5, 0.6) is 11.6 Å². The lowest BCUT2D eigenvalue weighted by Crippen LogP contribution is -2.12. The number of aromatic nitrogens is 2. The van der Waals surface area contributed by atoms with E-state index in [1.165, 1.54) is 6.20 Å². The van der Waals surface area contributed by atoms with Crippen LogP contribution in [0.4, 0.5) is 5.69 Å². The maximum atomic E-state index is 12.4. The summed E-state index contributed by atoms with van der Waals surface area (Å²) in [5.74, 6) is 1.38. The fraction of sp³-hybridized carbons (Fsp3) is 0.0500. The van der Waals surface area contributed by atoms with Crippen molar-refractivity contribution in [2.45, 2.75) is 6.92 Å². The first-order chi connectivity index (χ1) is 13.1. The summed E-state index contributed by atoms with van der Waals surface area (Å²) in [6.45, 7) is 1.78. The average molecular weight is 424 g/mol. The summed E-state index contributed by atoms with van der Waals surface area (Å²) in [6.07, 6.45) is 1.47. The molecule has 0 spiro atoms. The molecule has 4 rings (SSSR count). The van der Waals surface area contributed by atoms with Gasteiger partial charge in [-0.05, 0) is 42.5 Å². The normalized spacial score (nSPS) is 10.7. The van der Waals surface area contributed by atoms with Crippen LogP contribution in [0.15, 0.2) is 69.7 Å². The molecular formula is C20H14BrN3O3. The third-order valence-corrected chi connectivity index (χ3v) is 4.26. The van der Waals surface area contributed by atoms with E-state index in [9.17, 15) is 4.79 Å². The Morgan fingerprint density at radius 2 is 2.04 bits per heavy atom. The van der Waals surface area contributed by atoms with Crippen LogP contribution in [0.2, 0.25) is 0 Å². The number of anilines is 1. The number of halogens is 1. The van der Waals surface area contributed by atoms with Crippen LogP contribution in [0.1, 0.15) is 16.2 Å². The second kappa shape index (κ2) is 7.20. The Labute approximate surface area is 163 Å². The van der Waals surface area contributed by atoms with Crippen molar-refractivity contribution in [1.29, 1.82) is 0 Å². The van der Waals surface area contributed by atoms with E-state index in [2.05, 4.69) is 31.2 Å². The second-order valence-electron chi connectivity index (χ2n) is 5.81. The van der Waals surface area contributed by atoms with Gasteiger partial charge < -0.3 is 14.5 Å². The number of carbonyl (C=O) groups is 1. The van der Waals surface area contributed by atoms with Crippen molar-refractivity contribution in [3.63, 3.8) is 0 Å². The number of aryl methyl sites for hydroxylation is 1. The van der Waals surface area contributed by atoms with Crippen molar-refractivity contribution in [3.8, 4) is 11.6 Å². The molecule has 2 aromatic carbocycles. The summed E-state index contributed by atoms with van der Waals surface area (Å²) in [7, 11) is 0. The van der Waals surface area contributed by atoms with E-state index in [1.807, 2.05) is 24.3 Å². The molecule has 2 heterocycles. The lowest BCUT2D eigenvalue weighted by molar-refractivity contribution is 0.102. The van der Waals surface area contributed by atoms with Crippen LogP contribution in [-0.2, 0) is 0 Å². The van der Waals surface area contributed by atoms with Crippen LogP contribution >= 0.6 is 15.9 Å². The first kappa shape index (κ1) is 17.2. The summed E-state index contributed by atoms with van der Waals surface area (Å²) in [5, 5.41) is 2.83. The maximum absolute atomic E-state index is 12.4. The highest BCUT2D eigenvalue weighted by Crippen LogP contribution is 2.23. The zero-order valence-electron chi connectivity index (χ0n) is 14.3. The number of fused-ring (bicyclic) bond motifs is 1. The molecule has 7 heteroatoms. The van der Waals surface area contributed by atoms with Gasteiger partial charge in [0.15, 0.2) is 11.5 Å². The Morgan fingerprint density at radius 1 is 1.15 bits per heavy atom. The van der Waals surface area contributed by atoms with Crippen LogP contribution < -0.4 is 10.1 Å². The van der Waals surface area contributed by atoms with E-state index in [0.29, 0.717) is 39.9 Å². The van der Waals surface area contributed by atoms with Crippen molar-refractivity contribution in [2.75, 3.05) is 5.32 Å². The summed E-state index contributed by atoms with van der Waals surface area (Å²) >= 11 is 3.39. The standard InChI is InChI=1S/C20H14BrN3O3/c1-12-23-17-10-15(6-7-18(17)26-12)24-20(25)13-5-8-19(22-11-13)27-16-4-2-3-14(21)9-16/h2-11H,1H3,(H,24,25). The van der Waals surface area contributed by atoms with E-state index in [0.717, 1.165) is 4.47 Å². The van der Waals surface area contributed by atoms with Crippen molar-refractivity contribution in [3.05, 3.63) is 76.7 Å². The van der Waals surface area contributed by atoms with Gasteiger partial charge in [0.2, 0.25) is 5.88 Å². The molecule has 0 saturated carbocycles. The van der Waals surface area contributed by atoms with Crippen LogP contribution in [-0.4, -0.2) is 15.9 Å². The Balaban J connectivity index is 1.46. The van der Waals surface area contributed by atoms with E-state index in [-0.39, 0.29) is 5.91 Å².